The first kappa shape index (κ1) is 17.2. The molecule has 1 aromatic heterocycles. The molecule has 0 spiro atoms. The molecule has 0 aromatic carbocycles. The van der Waals surface area contributed by atoms with E-state index in [1.165, 1.54) is 30.6 Å². The van der Waals surface area contributed by atoms with Gasteiger partial charge < -0.3 is 4.90 Å². The quantitative estimate of drug-likeness (QED) is 0.771. The van der Waals surface area contributed by atoms with Crippen molar-refractivity contribution in [2.24, 2.45) is 23.2 Å². The van der Waals surface area contributed by atoms with E-state index in [9.17, 15) is 13.2 Å². The minimum absolute atomic E-state index is 0.105. The van der Waals surface area contributed by atoms with Gasteiger partial charge in [-0.1, -0.05) is 6.07 Å². The molecule has 6 rings (SSSR count). The molecular formula is C20H27NO3S2. The monoisotopic (exact) mass is 393 g/mol. The molecule has 6 heteroatoms. The molecule has 26 heavy (non-hydrogen) atoms. The van der Waals surface area contributed by atoms with Crippen LogP contribution in [0.4, 0.5) is 0 Å². The van der Waals surface area contributed by atoms with Crippen molar-refractivity contribution in [2.75, 3.05) is 18.8 Å². The van der Waals surface area contributed by atoms with Crippen LogP contribution in [-0.2, 0) is 14.6 Å². The molecule has 5 fully saturated rings. The summed E-state index contributed by atoms with van der Waals surface area (Å²) in [6.07, 6.45) is 7.66. The second-order valence-corrected chi connectivity index (χ2v) is 12.4. The van der Waals surface area contributed by atoms with Crippen LogP contribution in [-0.4, -0.2) is 38.1 Å². The third-order valence-corrected chi connectivity index (χ3v) is 10.6. The Kier molecular flexibility index (Phi) is 4.02. The molecule has 1 unspecified atom stereocenters. The van der Waals surface area contributed by atoms with Gasteiger partial charge in [0.2, 0.25) is 5.91 Å². The summed E-state index contributed by atoms with van der Waals surface area (Å²) in [5, 5.41) is 1.50. The Morgan fingerprint density at radius 1 is 1.08 bits per heavy atom. The van der Waals surface area contributed by atoms with Crippen LogP contribution in [0.2, 0.25) is 0 Å². The minimum Gasteiger partial charge on any atom is -0.341 e. The lowest BCUT2D eigenvalue weighted by atomic mass is 9.49. The summed E-state index contributed by atoms with van der Waals surface area (Å²) in [6.45, 7) is 0.965. The minimum atomic E-state index is -3.19. The van der Waals surface area contributed by atoms with Gasteiger partial charge in [-0.05, 0) is 74.1 Å². The number of hydrogen-bond donors (Lipinski definition) is 0. The van der Waals surface area contributed by atoms with Gasteiger partial charge in [-0.3, -0.25) is 4.79 Å². The topological polar surface area (TPSA) is 54.5 Å². The van der Waals surface area contributed by atoms with E-state index in [0.717, 1.165) is 41.9 Å². The van der Waals surface area contributed by atoms with E-state index in [1.807, 2.05) is 22.4 Å². The molecule has 1 aliphatic heterocycles. The van der Waals surface area contributed by atoms with Gasteiger partial charge in [0.15, 0.2) is 9.84 Å². The smallest absolute Gasteiger partial charge is 0.228 e. The number of hydrogen-bond acceptors (Lipinski definition) is 4. The van der Waals surface area contributed by atoms with E-state index in [2.05, 4.69) is 0 Å². The molecule has 142 valence electrons. The van der Waals surface area contributed by atoms with Crippen LogP contribution in [0.15, 0.2) is 17.5 Å². The number of carbonyl (C=O) groups is 1. The number of thiophene rings is 1. The molecule has 1 atom stereocenters. The van der Waals surface area contributed by atoms with Crippen LogP contribution in [0.25, 0.3) is 0 Å². The Morgan fingerprint density at radius 2 is 1.73 bits per heavy atom. The Morgan fingerprint density at radius 3 is 2.31 bits per heavy atom. The first-order valence-electron chi connectivity index (χ1n) is 9.99. The largest absolute Gasteiger partial charge is 0.341 e. The van der Waals surface area contributed by atoms with Crippen molar-refractivity contribution in [3.63, 3.8) is 0 Å². The Labute approximate surface area is 159 Å². The molecular weight excluding hydrogens is 366 g/mol. The first-order valence-corrected chi connectivity index (χ1v) is 12.6. The van der Waals surface area contributed by atoms with E-state index >= 15 is 0 Å². The maximum Gasteiger partial charge on any atom is 0.228 e. The molecule has 1 aromatic rings. The highest BCUT2D eigenvalue weighted by Gasteiger charge is 2.55. The van der Waals surface area contributed by atoms with Crippen molar-refractivity contribution in [2.45, 2.75) is 50.2 Å². The normalized spacial score (nSPS) is 41.2. The lowest BCUT2D eigenvalue weighted by Gasteiger charge is -2.56. The molecule has 4 aliphatic carbocycles. The molecule has 0 N–H and O–H groups in total. The molecule has 2 heterocycles. The number of amides is 1. The lowest BCUT2D eigenvalue weighted by molar-refractivity contribution is -0.157. The third-order valence-electron chi connectivity index (χ3n) is 7.38. The van der Waals surface area contributed by atoms with Crippen LogP contribution in [0, 0.1) is 23.2 Å². The van der Waals surface area contributed by atoms with Crippen LogP contribution < -0.4 is 0 Å². The lowest BCUT2D eigenvalue weighted by Crippen LogP contribution is -2.55. The summed E-state index contributed by atoms with van der Waals surface area (Å²) >= 11 is 1.52. The summed E-state index contributed by atoms with van der Waals surface area (Å²) in [7, 11) is -3.19. The van der Waals surface area contributed by atoms with Crippen molar-refractivity contribution >= 4 is 27.1 Å². The number of sulfone groups is 1. The maximum atomic E-state index is 13.5. The zero-order chi connectivity index (χ0) is 17.9. The summed E-state index contributed by atoms with van der Waals surface area (Å²) < 4.78 is 25.6. The summed E-state index contributed by atoms with van der Waals surface area (Å²) in [5.74, 6) is 2.59. The Hall–Kier alpha value is -0.880. The highest BCUT2D eigenvalue weighted by molar-refractivity contribution is 7.91. The highest BCUT2D eigenvalue weighted by Crippen LogP contribution is 2.60. The van der Waals surface area contributed by atoms with Gasteiger partial charge in [0, 0.05) is 18.0 Å². The fourth-order valence-corrected chi connectivity index (χ4v) is 9.65. The molecule has 1 saturated heterocycles. The van der Waals surface area contributed by atoms with Crippen LogP contribution >= 0.6 is 11.3 Å². The first-order chi connectivity index (χ1) is 12.5. The van der Waals surface area contributed by atoms with E-state index in [-0.39, 0.29) is 17.1 Å². The van der Waals surface area contributed by atoms with Crippen molar-refractivity contribution in [3.8, 4) is 0 Å². The molecule has 0 radical (unpaired) electrons. The predicted octanol–water partition coefficient (Wildman–Crippen LogP) is 3.65. The maximum absolute atomic E-state index is 13.5. The van der Waals surface area contributed by atoms with Gasteiger partial charge in [0.1, 0.15) is 0 Å². The highest BCUT2D eigenvalue weighted by atomic mass is 32.2. The van der Waals surface area contributed by atoms with Gasteiger partial charge in [-0.15, -0.1) is 11.3 Å². The molecule has 5 aliphatic rings. The van der Waals surface area contributed by atoms with Gasteiger partial charge in [0.05, 0.1) is 16.4 Å². The standard InChI is InChI=1S/C20H27NO3S2/c22-19(20-11-14-8-15(12-20)10-16(9-14)13-20)21-4-3-18(17-2-1-6-25-17)26(23,24)7-5-21/h1-2,6,14-16,18H,3-5,7-13H2. The van der Waals surface area contributed by atoms with Crippen LogP contribution in [0.1, 0.15) is 55.1 Å². The second kappa shape index (κ2) is 6.06. The summed E-state index contributed by atoms with van der Waals surface area (Å²) in [4.78, 5) is 16.4. The van der Waals surface area contributed by atoms with Crippen LogP contribution in [0.3, 0.4) is 0 Å². The SMILES string of the molecule is O=C(N1CCC(c2cccs2)S(=O)(=O)CC1)C12CC3CC(CC(C3)C1)C2. The van der Waals surface area contributed by atoms with Crippen molar-refractivity contribution in [3.05, 3.63) is 22.4 Å². The Balaban J connectivity index is 1.37. The third kappa shape index (κ3) is 2.75. The molecule has 4 nitrogen and oxygen atoms in total. The zero-order valence-corrected chi connectivity index (χ0v) is 16.7. The Bertz CT molecular complexity index is 764. The van der Waals surface area contributed by atoms with Gasteiger partial charge >= 0.3 is 0 Å². The number of rotatable bonds is 2. The van der Waals surface area contributed by atoms with Gasteiger partial charge in [-0.2, -0.15) is 0 Å². The van der Waals surface area contributed by atoms with Crippen molar-refractivity contribution in [1.82, 2.24) is 4.90 Å². The predicted molar refractivity (Wildman–Crippen MR) is 103 cm³/mol. The fraction of sp³-hybridized carbons (Fsp3) is 0.750. The van der Waals surface area contributed by atoms with Gasteiger partial charge in [-0.25, -0.2) is 8.42 Å². The average molecular weight is 394 g/mol. The van der Waals surface area contributed by atoms with E-state index in [4.69, 9.17) is 0 Å². The second-order valence-electron chi connectivity index (χ2n) is 9.15. The number of carbonyl (C=O) groups excluding carboxylic acids is 1. The number of nitrogens with zero attached hydrogens (tertiary/aromatic N) is 1. The molecule has 4 bridgehead atoms. The van der Waals surface area contributed by atoms with E-state index in [1.54, 1.807) is 0 Å². The average Bonchev–Trinajstić information content (AvgIpc) is 3.04. The van der Waals surface area contributed by atoms with Crippen LogP contribution in [0.5, 0.6) is 0 Å². The van der Waals surface area contributed by atoms with E-state index < -0.39 is 15.1 Å². The fourth-order valence-electron chi connectivity index (χ4n) is 6.65. The zero-order valence-electron chi connectivity index (χ0n) is 15.1. The van der Waals surface area contributed by atoms with Crippen molar-refractivity contribution in [1.29, 1.82) is 0 Å². The van der Waals surface area contributed by atoms with E-state index in [0.29, 0.717) is 19.5 Å². The van der Waals surface area contributed by atoms with Gasteiger partial charge in [0.25, 0.3) is 0 Å². The summed E-state index contributed by atoms with van der Waals surface area (Å²) in [6, 6.07) is 3.84. The summed E-state index contributed by atoms with van der Waals surface area (Å²) in [5.41, 5.74) is -0.165. The molecule has 1 amide bonds. The molecule has 4 saturated carbocycles. The van der Waals surface area contributed by atoms with Crippen molar-refractivity contribution < 1.29 is 13.2 Å².